The van der Waals surface area contributed by atoms with Crippen molar-refractivity contribution >= 4 is 5.78 Å². The van der Waals surface area contributed by atoms with E-state index in [9.17, 15) is 9.90 Å². The zero-order valence-corrected chi connectivity index (χ0v) is 19.8. The molecule has 0 aromatic carbocycles. The van der Waals surface area contributed by atoms with Crippen molar-refractivity contribution in [3.05, 3.63) is 0 Å². The quantitative estimate of drug-likeness (QED) is 0.559. The average molecular weight is 403 g/mol. The fourth-order valence-corrected chi connectivity index (χ4v) is 9.04. The highest BCUT2D eigenvalue weighted by Crippen LogP contribution is 2.67. The molecule has 29 heavy (non-hydrogen) atoms. The molecule has 2 heteroatoms. The molecule has 0 amide bonds. The molecule has 1 N–H and O–H groups in total. The first-order chi connectivity index (χ1) is 13.7. The number of ketones is 1. The first-order valence-corrected chi connectivity index (χ1v) is 12.9. The molecule has 4 saturated carbocycles. The van der Waals surface area contributed by atoms with Crippen LogP contribution in [0.25, 0.3) is 0 Å². The predicted molar refractivity (Wildman–Crippen MR) is 119 cm³/mol. The van der Waals surface area contributed by atoms with Crippen molar-refractivity contribution in [1.82, 2.24) is 0 Å². The van der Waals surface area contributed by atoms with Gasteiger partial charge < -0.3 is 5.11 Å². The molecule has 0 saturated heterocycles. The van der Waals surface area contributed by atoms with Crippen LogP contribution in [0.5, 0.6) is 0 Å². The number of Topliss-reactive ketones (excluding diaryl/α,β-unsaturated/α-hetero) is 1. The van der Waals surface area contributed by atoms with Crippen LogP contribution in [0.1, 0.15) is 105 Å². The zero-order chi connectivity index (χ0) is 21.0. The molecule has 4 aliphatic carbocycles. The molecule has 0 bridgehead atoms. The molecule has 166 valence electrons. The Bertz CT molecular complexity index is 612. The second-order valence-electron chi connectivity index (χ2n) is 12.6. The summed E-state index contributed by atoms with van der Waals surface area (Å²) in [4.78, 5) is 13.2. The molecule has 4 fully saturated rings. The summed E-state index contributed by atoms with van der Waals surface area (Å²) in [6.45, 7) is 12.2. The van der Waals surface area contributed by atoms with Gasteiger partial charge in [-0.3, -0.25) is 4.79 Å². The van der Waals surface area contributed by atoms with Gasteiger partial charge in [0, 0.05) is 12.3 Å². The minimum Gasteiger partial charge on any atom is -0.393 e. The first kappa shape index (κ1) is 21.8. The molecule has 4 rings (SSSR count). The van der Waals surface area contributed by atoms with Crippen molar-refractivity contribution in [2.45, 2.75) is 111 Å². The van der Waals surface area contributed by atoms with Gasteiger partial charge in [0.25, 0.3) is 0 Å². The Morgan fingerprint density at radius 2 is 1.66 bits per heavy atom. The number of carbonyl (C=O) groups excluding carboxylic acids is 1. The van der Waals surface area contributed by atoms with E-state index in [0.29, 0.717) is 23.0 Å². The second kappa shape index (κ2) is 7.95. The maximum absolute atomic E-state index is 13.2. The normalized spacial score (nSPS) is 48.2. The summed E-state index contributed by atoms with van der Waals surface area (Å²) >= 11 is 0. The van der Waals surface area contributed by atoms with Crippen molar-refractivity contribution in [2.24, 2.45) is 52.3 Å². The summed E-state index contributed by atoms with van der Waals surface area (Å²) < 4.78 is 0. The van der Waals surface area contributed by atoms with Crippen molar-refractivity contribution in [3.63, 3.8) is 0 Å². The molecule has 0 aromatic heterocycles. The first-order valence-electron chi connectivity index (χ1n) is 12.9. The number of aliphatic hydroxyl groups excluding tert-OH is 1. The lowest BCUT2D eigenvalue weighted by atomic mass is 9.44. The fourth-order valence-electron chi connectivity index (χ4n) is 9.04. The third kappa shape index (κ3) is 3.64. The molecule has 0 spiro atoms. The number of fused-ring (bicyclic) bond motifs is 5. The smallest absolute Gasteiger partial charge is 0.136 e. The van der Waals surface area contributed by atoms with Crippen LogP contribution in [0.2, 0.25) is 0 Å². The van der Waals surface area contributed by atoms with Gasteiger partial charge in [0.2, 0.25) is 0 Å². The Morgan fingerprint density at radius 3 is 2.38 bits per heavy atom. The standard InChI is InChI=1S/C27H46O2/c1-17(2)7-6-8-18(3)21-9-10-22-20-16-25(29)24-15-19(28)11-13-27(24,5)23(20)12-14-26(21,22)4/h17-24,28H,6-16H2,1-5H3/t18?,19-,20+,21-,22+,23+,24-,26-,27-/m1/s1. The Morgan fingerprint density at radius 1 is 0.966 bits per heavy atom. The zero-order valence-electron chi connectivity index (χ0n) is 19.8. The van der Waals surface area contributed by atoms with Gasteiger partial charge in [-0.05, 0) is 91.3 Å². The Balaban J connectivity index is 1.50. The Kier molecular flexibility index (Phi) is 5.99. The van der Waals surface area contributed by atoms with Crippen molar-refractivity contribution < 1.29 is 9.90 Å². The van der Waals surface area contributed by atoms with E-state index >= 15 is 0 Å². The van der Waals surface area contributed by atoms with E-state index in [0.717, 1.165) is 49.4 Å². The average Bonchev–Trinajstić information content (AvgIpc) is 3.00. The van der Waals surface area contributed by atoms with Gasteiger partial charge >= 0.3 is 0 Å². The second-order valence-corrected chi connectivity index (χ2v) is 12.6. The van der Waals surface area contributed by atoms with Crippen LogP contribution < -0.4 is 0 Å². The summed E-state index contributed by atoms with van der Waals surface area (Å²) in [5, 5.41) is 10.2. The van der Waals surface area contributed by atoms with Crippen LogP contribution in [-0.2, 0) is 4.79 Å². The molecule has 0 aliphatic heterocycles. The van der Waals surface area contributed by atoms with E-state index in [4.69, 9.17) is 0 Å². The highest BCUT2D eigenvalue weighted by Gasteiger charge is 2.62. The van der Waals surface area contributed by atoms with Gasteiger partial charge in [0.05, 0.1) is 6.10 Å². The van der Waals surface area contributed by atoms with Crippen LogP contribution in [0.4, 0.5) is 0 Å². The molecule has 4 aliphatic rings. The van der Waals surface area contributed by atoms with Gasteiger partial charge in [-0.15, -0.1) is 0 Å². The number of rotatable bonds is 5. The van der Waals surface area contributed by atoms with E-state index in [2.05, 4.69) is 34.6 Å². The van der Waals surface area contributed by atoms with Crippen LogP contribution in [0.15, 0.2) is 0 Å². The lowest BCUT2D eigenvalue weighted by Gasteiger charge is -2.60. The van der Waals surface area contributed by atoms with Gasteiger partial charge in [0.1, 0.15) is 5.78 Å². The predicted octanol–water partition coefficient (Wildman–Crippen LogP) is 6.65. The number of hydrogen-bond acceptors (Lipinski definition) is 2. The maximum atomic E-state index is 13.2. The minimum atomic E-state index is -0.245. The van der Waals surface area contributed by atoms with Gasteiger partial charge in [0.15, 0.2) is 0 Å². The van der Waals surface area contributed by atoms with Crippen LogP contribution in [0.3, 0.4) is 0 Å². The highest BCUT2D eigenvalue weighted by molar-refractivity contribution is 5.83. The lowest BCUT2D eigenvalue weighted by molar-refractivity contribution is -0.160. The number of aliphatic hydroxyl groups is 1. The van der Waals surface area contributed by atoms with E-state index in [1.54, 1.807) is 0 Å². The molecule has 0 radical (unpaired) electrons. The third-order valence-electron chi connectivity index (χ3n) is 10.6. The van der Waals surface area contributed by atoms with E-state index < -0.39 is 0 Å². The van der Waals surface area contributed by atoms with Gasteiger partial charge in [-0.1, -0.05) is 53.9 Å². The van der Waals surface area contributed by atoms with Crippen LogP contribution in [0, 0.1) is 52.3 Å². The summed E-state index contributed by atoms with van der Waals surface area (Å²) in [5.74, 6) is 5.21. The SMILES string of the molecule is CC(C)CCCC(C)[C@H]1CC[C@H]2[C@@H]3CC(=O)[C@H]4C[C@H](O)CC[C@]4(C)[C@H]3CC[C@]12C. The largest absolute Gasteiger partial charge is 0.393 e. The summed E-state index contributed by atoms with van der Waals surface area (Å²) in [6, 6.07) is 0. The number of hydrogen-bond donors (Lipinski definition) is 1. The monoisotopic (exact) mass is 402 g/mol. The molecular weight excluding hydrogens is 356 g/mol. The molecule has 9 atom stereocenters. The Labute approximate surface area is 179 Å². The third-order valence-corrected chi connectivity index (χ3v) is 10.6. The van der Waals surface area contributed by atoms with Crippen LogP contribution >= 0.6 is 0 Å². The van der Waals surface area contributed by atoms with Crippen molar-refractivity contribution in [2.75, 3.05) is 0 Å². The molecule has 0 aromatic rings. The minimum absolute atomic E-state index is 0.129. The molecule has 0 heterocycles. The van der Waals surface area contributed by atoms with Gasteiger partial charge in [-0.2, -0.15) is 0 Å². The van der Waals surface area contributed by atoms with Crippen LogP contribution in [-0.4, -0.2) is 17.0 Å². The van der Waals surface area contributed by atoms with Gasteiger partial charge in [-0.25, -0.2) is 0 Å². The number of carbonyl (C=O) groups is 1. The van der Waals surface area contributed by atoms with Crippen molar-refractivity contribution in [1.29, 1.82) is 0 Å². The van der Waals surface area contributed by atoms with E-state index in [1.165, 1.54) is 44.9 Å². The Hall–Kier alpha value is -0.370. The van der Waals surface area contributed by atoms with E-state index in [-0.39, 0.29) is 17.4 Å². The molecule has 1 unspecified atom stereocenters. The molecular formula is C27H46O2. The summed E-state index contributed by atoms with van der Waals surface area (Å²) in [5.41, 5.74) is 0.609. The summed E-state index contributed by atoms with van der Waals surface area (Å²) in [6.07, 6.45) is 12.8. The fraction of sp³-hybridized carbons (Fsp3) is 0.963. The summed E-state index contributed by atoms with van der Waals surface area (Å²) in [7, 11) is 0. The molecule has 2 nitrogen and oxygen atoms in total. The maximum Gasteiger partial charge on any atom is 0.136 e. The highest BCUT2D eigenvalue weighted by atomic mass is 16.3. The van der Waals surface area contributed by atoms with E-state index in [1.807, 2.05) is 0 Å². The van der Waals surface area contributed by atoms with Crippen molar-refractivity contribution in [3.8, 4) is 0 Å². The lowest BCUT2D eigenvalue weighted by Crippen LogP contribution is -2.57. The topological polar surface area (TPSA) is 37.3 Å².